The highest BCUT2D eigenvalue weighted by Gasteiger charge is 2.25. The van der Waals surface area contributed by atoms with Crippen molar-refractivity contribution in [1.82, 2.24) is 9.80 Å². The number of rotatable bonds is 3. The Bertz CT molecular complexity index is 1030. The van der Waals surface area contributed by atoms with Crippen molar-refractivity contribution in [3.63, 3.8) is 0 Å². The van der Waals surface area contributed by atoms with Crippen molar-refractivity contribution in [2.75, 3.05) is 59.3 Å². The zero-order valence-corrected chi connectivity index (χ0v) is 21.8. The van der Waals surface area contributed by atoms with Gasteiger partial charge in [0.05, 0.1) is 13.2 Å². The van der Waals surface area contributed by atoms with Gasteiger partial charge in [0.2, 0.25) is 0 Å². The van der Waals surface area contributed by atoms with Crippen LogP contribution in [0.2, 0.25) is 0 Å². The second kappa shape index (κ2) is 12.9. The number of benzene rings is 2. The van der Waals surface area contributed by atoms with Gasteiger partial charge in [-0.05, 0) is 66.5 Å². The number of aliphatic hydroxyl groups excluding tert-OH is 1. The lowest BCUT2D eigenvalue weighted by molar-refractivity contribution is 0.0133. The first-order valence-corrected chi connectivity index (χ1v) is 13.8. The van der Waals surface area contributed by atoms with Crippen LogP contribution in [0.1, 0.15) is 52.7 Å². The summed E-state index contributed by atoms with van der Waals surface area (Å²) in [7, 11) is 0. The molecular weight excluding hydrogens is 468 g/mol. The van der Waals surface area contributed by atoms with Gasteiger partial charge in [0.25, 0.3) is 5.91 Å². The van der Waals surface area contributed by atoms with Crippen molar-refractivity contribution in [2.45, 2.75) is 44.7 Å². The maximum absolute atomic E-state index is 13.3. The maximum atomic E-state index is 13.3. The monoisotopic (exact) mass is 508 g/mol. The average molecular weight is 509 g/mol. The Kier molecular flexibility index (Phi) is 9.10. The molecule has 37 heavy (non-hydrogen) atoms. The van der Waals surface area contributed by atoms with Gasteiger partial charge in [-0.15, -0.1) is 0 Å². The Labute approximate surface area is 220 Å². The number of piperidine rings is 1. The predicted octanol–water partition coefficient (Wildman–Crippen LogP) is 3.51. The van der Waals surface area contributed by atoms with Gasteiger partial charge in [0, 0.05) is 64.0 Å². The third-order valence-corrected chi connectivity index (χ3v) is 7.95. The number of ether oxygens (including phenoxy) is 3. The molecule has 1 N–H and O–H groups in total. The molecule has 1 amide bonds. The van der Waals surface area contributed by atoms with E-state index in [1.54, 1.807) is 0 Å². The third-order valence-electron chi connectivity index (χ3n) is 7.95. The summed E-state index contributed by atoms with van der Waals surface area (Å²) in [6.07, 6.45) is 4.53. The molecule has 0 radical (unpaired) electrons. The van der Waals surface area contributed by atoms with E-state index in [0.717, 1.165) is 63.3 Å². The molecule has 2 fully saturated rings. The molecule has 0 saturated carbocycles. The predicted molar refractivity (Wildman–Crippen MR) is 142 cm³/mol. The topological polar surface area (TPSA) is 71.5 Å². The minimum Gasteiger partial charge on any atom is -0.491 e. The lowest BCUT2D eigenvalue weighted by Crippen LogP contribution is -2.41. The molecule has 7 heteroatoms. The van der Waals surface area contributed by atoms with Gasteiger partial charge in [-0.1, -0.05) is 24.3 Å². The van der Waals surface area contributed by atoms with E-state index < -0.39 is 0 Å². The van der Waals surface area contributed by atoms with Gasteiger partial charge < -0.3 is 24.2 Å². The average Bonchev–Trinajstić information content (AvgIpc) is 2.95. The van der Waals surface area contributed by atoms with Gasteiger partial charge in [-0.25, -0.2) is 0 Å². The molecule has 2 aromatic carbocycles. The van der Waals surface area contributed by atoms with Crippen LogP contribution in [-0.4, -0.2) is 86.1 Å². The Morgan fingerprint density at radius 2 is 1.65 bits per heavy atom. The van der Waals surface area contributed by atoms with Crippen LogP contribution in [0, 0.1) is 5.92 Å². The fourth-order valence-electron chi connectivity index (χ4n) is 5.72. The molecular formula is C30H40N2O5. The molecule has 0 spiro atoms. The first-order chi connectivity index (χ1) is 18.2. The lowest BCUT2D eigenvalue weighted by atomic mass is 9.96. The highest BCUT2D eigenvalue weighted by Crippen LogP contribution is 2.27. The van der Waals surface area contributed by atoms with E-state index in [9.17, 15) is 9.90 Å². The minimum absolute atomic E-state index is 0.0581. The number of likely N-dealkylation sites (tertiary alicyclic amines) is 1. The molecule has 3 heterocycles. The molecule has 0 aliphatic carbocycles. The Balaban J connectivity index is 1.36. The molecule has 2 saturated heterocycles. The molecule has 0 unspecified atom stereocenters. The van der Waals surface area contributed by atoms with Crippen molar-refractivity contribution < 1.29 is 24.1 Å². The van der Waals surface area contributed by atoms with Gasteiger partial charge in [-0.3, -0.25) is 9.69 Å². The SMILES string of the molecule is O=C(c1ccc2c(c1)Cc1cccc(c1)CN(C1CCOCC1)CCOCCO2)N1CCC(CO)CC1. The molecule has 2 bridgehead atoms. The Hall–Kier alpha value is -2.45. The van der Waals surface area contributed by atoms with Gasteiger partial charge in [0.1, 0.15) is 12.4 Å². The van der Waals surface area contributed by atoms with Crippen LogP contribution in [0.25, 0.3) is 0 Å². The smallest absolute Gasteiger partial charge is 0.253 e. The molecule has 200 valence electrons. The van der Waals surface area contributed by atoms with Crippen molar-refractivity contribution in [3.8, 4) is 5.75 Å². The van der Waals surface area contributed by atoms with Gasteiger partial charge >= 0.3 is 0 Å². The summed E-state index contributed by atoms with van der Waals surface area (Å²) in [5.41, 5.74) is 4.23. The van der Waals surface area contributed by atoms with Gasteiger partial charge in [0.15, 0.2) is 0 Å². The Morgan fingerprint density at radius 1 is 0.865 bits per heavy atom. The van der Waals surface area contributed by atoms with E-state index in [1.807, 2.05) is 23.1 Å². The van der Waals surface area contributed by atoms with E-state index >= 15 is 0 Å². The highest BCUT2D eigenvalue weighted by atomic mass is 16.5. The largest absolute Gasteiger partial charge is 0.491 e. The van der Waals surface area contributed by atoms with Crippen LogP contribution in [0.15, 0.2) is 42.5 Å². The van der Waals surface area contributed by atoms with Crippen LogP contribution in [0.3, 0.4) is 0 Å². The fourth-order valence-corrected chi connectivity index (χ4v) is 5.72. The summed E-state index contributed by atoms with van der Waals surface area (Å²) >= 11 is 0. The second-order valence-corrected chi connectivity index (χ2v) is 10.5. The van der Waals surface area contributed by atoms with Crippen LogP contribution < -0.4 is 4.74 Å². The van der Waals surface area contributed by atoms with E-state index in [0.29, 0.717) is 56.9 Å². The van der Waals surface area contributed by atoms with Crippen molar-refractivity contribution in [3.05, 3.63) is 64.7 Å². The van der Waals surface area contributed by atoms with E-state index in [2.05, 4.69) is 29.2 Å². The van der Waals surface area contributed by atoms with E-state index in [-0.39, 0.29) is 12.5 Å². The summed E-state index contributed by atoms with van der Waals surface area (Å²) in [5.74, 6) is 1.17. The Morgan fingerprint density at radius 3 is 2.46 bits per heavy atom. The normalized spacial score (nSPS) is 21.1. The number of nitrogens with zero attached hydrogens (tertiary/aromatic N) is 2. The molecule has 7 nitrogen and oxygen atoms in total. The van der Waals surface area contributed by atoms with Crippen LogP contribution in [0.4, 0.5) is 0 Å². The van der Waals surface area contributed by atoms with E-state index in [1.165, 1.54) is 11.1 Å². The highest BCUT2D eigenvalue weighted by molar-refractivity contribution is 5.94. The maximum Gasteiger partial charge on any atom is 0.253 e. The summed E-state index contributed by atoms with van der Waals surface area (Å²) in [6.45, 7) is 6.72. The van der Waals surface area contributed by atoms with E-state index in [4.69, 9.17) is 14.2 Å². The zero-order chi connectivity index (χ0) is 25.5. The summed E-state index contributed by atoms with van der Waals surface area (Å²) in [4.78, 5) is 17.7. The second-order valence-electron chi connectivity index (χ2n) is 10.5. The molecule has 0 atom stereocenters. The zero-order valence-electron chi connectivity index (χ0n) is 21.8. The molecule has 5 rings (SSSR count). The first-order valence-electron chi connectivity index (χ1n) is 13.8. The van der Waals surface area contributed by atoms with Crippen LogP contribution in [-0.2, 0) is 22.4 Å². The standard InChI is InChI=1S/C30H40N2O5/c33-22-23-6-10-31(11-7-23)30(34)26-4-5-29-27(20-26)19-24-2-1-3-25(18-24)21-32(12-15-36-16-17-37-29)28-8-13-35-14-9-28/h1-5,18,20,23,28,33H,6-17,19,21-22H2. The number of amides is 1. The van der Waals surface area contributed by atoms with Crippen LogP contribution >= 0.6 is 0 Å². The summed E-state index contributed by atoms with van der Waals surface area (Å²) in [5, 5.41) is 9.43. The van der Waals surface area contributed by atoms with Gasteiger partial charge in [-0.2, -0.15) is 0 Å². The number of hydrogen-bond acceptors (Lipinski definition) is 6. The van der Waals surface area contributed by atoms with Crippen molar-refractivity contribution >= 4 is 5.91 Å². The molecule has 3 aliphatic heterocycles. The number of hydrogen-bond donors (Lipinski definition) is 1. The number of aliphatic hydroxyl groups is 1. The summed E-state index contributed by atoms with van der Waals surface area (Å²) in [6, 6.07) is 15.1. The molecule has 0 aromatic heterocycles. The first kappa shape index (κ1) is 26.2. The lowest BCUT2D eigenvalue weighted by Gasteiger charge is -2.34. The van der Waals surface area contributed by atoms with Crippen molar-refractivity contribution in [2.24, 2.45) is 5.92 Å². The van der Waals surface area contributed by atoms with Crippen molar-refractivity contribution in [1.29, 1.82) is 0 Å². The number of fused-ring (bicyclic) bond motifs is 3. The quantitative estimate of drug-likeness (QED) is 0.684. The number of carbonyl (C=O) groups excluding carboxylic acids is 1. The molecule has 2 aromatic rings. The van der Waals surface area contributed by atoms with Crippen LogP contribution in [0.5, 0.6) is 5.75 Å². The molecule has 3 aliphatic rings. The number of carbonyl (C=O) groups is 1. The third kappa shape index (κ3) is 6.90. The summed E-state index contributed by atoms with van der Waals surface area (Å²) < 4.78 is 17.7. The minimum atomic E-state index is 0.0581. The fraction of sp³-hybridized carbons (Fsp3) is 0.567.